The molecule has 1 atom stereocenters. The molecule has 0 saturated carbocycles. The molecule has 2 nitrogen and oxygen atoms in total. The number of hydrogen-bond donors (Lipinski definition) is 1. The second-order valence-corrected chi connectivity index (χ2v) is 6.01. The van der Waals surface area contributed by atoms with Crippen molar-refractivity contribution in [1.29, 1.82) is 0 Å². The van der Waals surface area contributed by atoms with E-state index in [0.29, 0.717) is 12.0 Å². The highest BCUT2D eigenvalue weighted by atomic mass is 35.5. The number of halogens is 1. The van der Waals surface area contributed by atoms with E-state index >= 15 is 0 Å². The predicted octanol–water partition coefficient (Wildman–Crippen LogP) is 4.19. The van der Waals surface area contributed by atoms with E-state index in [1.54, 1.807) is 11.8 Å². The molecule has 17 heavy (non-hydrogen) atoms. The van der Waals surface area contributed by atoms with Crippen LogP contribution in [0.25, 0.3) is 0 Å². The van der Waals surface area contributed by atoms with Crippen molar-refractivity contribution in [3.8, 4) is 0 Å². The van der Waals surface area contributed by atoms with Gasteiger partial charge in [0.15, 0.2) is 5.17 Å². The van der Waals surface area contributed by atoms with Gasteiger partial charge in [-0.15, -0.1) is 0 Å². The van der Waals surface area contributed by atoms with Gasteiger partial charge in [0.25, 0.3) is 0 Å². The van der Waals surface area contributed by atoms with Crippen molar-refractivity contribution >= 4 is 34.2 Å². The lowest BCUT2D eigenvalue weighted by molar-refractivity contribution is 0.543. The van der Waals surface area contributed by atoms with Crippen LogP contribution in [-0.2, 0) is 0 Å². The number of amidine groups is 1. The summed E-state index contributed by atoms with van der Waals surface area (Å²) < 4.78 is 0. The lowest BCUT2D eigenvalue weighted by Crippen LogP contribution is -2.12. The lowest BCUT2D eigenvalue weighted by atomic mass is 10.1. The van der Waals surface area contributed by atoms with Crippen LogP contribution in [0.3, 0.4) is 0 Å². The van der Waals surface area contributed by atoms with Crippen LogP contribution in [0, 0.1) is 12.8 Å². The fraction of sp³-hybridized carbons (Fsp3) is 0.462. The molecular weight excluding hydrogens is 252 g/mol. The number of anilines is 1. The topological polar surface area (TPSA) is 24.4 Å². The van der Waals surface area contributed by atoms with Gasteiger partial charge in [-0.3, -0.25) is 4.99 Å². The first kappa shape index (κ1) is 12.8. The Morgan fingerprint density at radius 1 is 1.47 bits per heavy atom. The van der Waals surface area contributed by atoms with E-state index in [9.17, 15) is 0 Å². The number of thioether (sulfide) groups is 1. The molecule has 2 rings (SSSR count). The van der Waals surface area contributed by atoms with Crippen molar-refractivity contribution in [3.05, 3.63) is 28.8 Å². The highest BCUT2D eigenvalue weighted by Gasteiger charge is 2.21. The number of nitrogens with one attached hydrogen (secondary N) is 1. The van der Waals surface area contributed by atoms with Crippen LogP contribution in [0.1, 0.15) is 19.4 Å². The molecule has 1 aliphatic heterocycles. The van der Waals surface area contributed by atoms with Crippen LogP contribution in [0.2, 0.25) is 5.02 Å². The third-order valence-corrected chi connectivity index (χ3v) is 4.35. The van der Waals surface area contributed by atoms with Gasteiger partial charge >= 0.3 is 0 Å². The lowest BCUT2D eigenvalue weighted by Gasteiger charge is -2.09. The minimum Gasteiger partial charge on any atom is -0.335 e. The Morgan fingerprint density at radius 3 is 2.88 bits per heavy atom. The molecule has 0 saturated heterocycles. The van der Waals surface area contributed by atoms with Crippen LogP contribution in [-0.4, -0.2) is 17.0 Å². The third kappa shape index (κ3) is 2.96. The van der Waals surface area contributed by atoms with E-state index in [-0.39, 0.29) is 0 Å². The molecule has 0 fully saturated rings. The van der Waals surface area contributed by atoms with Crippen molar-refractivity contribution in [1.82, 2.24) is 0 Å². The summed E-state index contributed by atoms with van der Waals surface area (Å²) in [4.78, 5) is 4.68. The molecule has 0 bridgehead atoms. The molecule has 0 amide bonds. The number of hydrogen-bond acceptors (Lipinski definition) is 3. The van der Waals surface area contributed by atoms with Crippen molar-refractivity contribution < 1.29 is 0 Å². The van der Waals surface area contributed by atoms with E-state index in [1.165, 1.54) is 0 Å². The minimum atomic E-state index is 0.432. The number of nitrogens with zero attached hydrogens (tertiary/aromatic N) is 1. The zero-order valence-electron chi connectivity index (χ0n) is 10.3. The van der Waals surface area contributed by atoms with Crippen molar-refractivity contribution in [2.45, 2.75) is 26.8 Å². The maximum Gasteiger partial charge on any atom is 0.161 e. The third-order valence-electron chi connectivity index (χ3n) is 2.95. The normalized spacial score (nSPS) is 19.6. The smallest absolute Gasteiger partial charge is 0.161 e. The summed E-state index contributed by atoms with van der Waals surface area (Å²) in [5.74, 6) is 1.67. The van der Waals surface area contributed by atoms with Gasteiger partial charge in [-0.05, 0) is 30.5 Å². The van der Waals surface area contributed by atoms with Crippen molar-refractivity contribution in [2.24, 2.45) is 10.9 Å². The van der Waals surface area contributed by atoms with Gasteiger partial charge < -0.3 is 5.32 Å². The molecule has 92 valence electrons. The molecule has 1 aliphatic rings. The Balaban J connectivity index is 2.12. The summed E-state index contributed by atoms with van der Waals surface area (Å²) in [6.45, 7) is 6.44. The Labute approximate surface area is 112 Å². The highest BCUT2D eigenvalue weighted by Crippen LogP contribution is 2.27. The number of rotatable bonds is 2. The van der Waals surface area contributed by atoms with Gasteiger partial charge in [-0.25, -0.2) is 0 Å². The predicted molar refractivity (Wildman–Crippen MR) is 78.3 cm³/mol. The zero-order valence-corrected chi connectivity index (χ0v) is 11.9. The van der Waals surface area contributed by atoms with Gasteiger partial charge in [0.2, 0.25) is 0 Å². The van der Waals surface area contributed by atoms with Gasteiger partial charge in [0.05, 0.1) is 6.04 Å². The monoisotopic (exact) mass is 268 g/mol. The average Bonchev–Trinajstić information content (AvgIpc) is 2.73. The standard InChI is InChI=1S/C13H17ClN2S/c1-8(2)12-7-17-13(16-12)15-11-6-4-5-10(14)9(11)3/h4-6,8,12H,7H2,1-3H3,(H,15,16). The summed E-state index contributed by atoms with van der Waals surface area (Å²) in [7, 11) is 0. The van der Waals surface area contributed by atoms with E-state index < -0.39 is 0 Å². The molecule has 0 spiro atoms. The summed E-state index contributed by atoms with van der Waals surface area (Å²) in [5, 5.41) is 5.16. The first-order valence-corrected chi connectivity index (χ1v) is 7.17. The molecule has 1 N–H and O–H groups in total. The van der Waals surface area contributed by atoms with Crippen LogP contribution in [0.5, 0.6) is 0 Å². The van der Waals surface area contributed by atoms with Gasteiger partial charge in [0.1, 0.15) is 0 Å². The first-order chi connectivity index (χ1) is 8.08. The summed E-state index contributed by atoms with van der Waals surface area (Å²) >= 11 is 7.88. The van der Waals surface area contributed by atoms with Crippen LogP contribution in [0.15, 0.2) is 23.2 Å². The first-order valence-electron chi connectivity index (χ1n) is 5.80. The second kappa shape index (κ2) is 5.32. The second-order valence-electron chi connectivity index (χ2n) is 4.59. The minimum absolute atomic E-state index is 0.432. The largest absolute Gasteiger partial charge is 0.335 e. The molecular formula is C13H17ClN2S. The fourth-order valence-corrected chi connectivity index (χ4v) is 3.01. The molecule has 1 heterocycles. The summed E-state index contributed by atoms with van der Waals surface area (Å²) in [6.07, 6.45) is 0. The molecule has 0 aliphatic carbocycles. The number of benzene rings is 1. The van der Waals surface area contributed by atoms with Gasteiger partial charge in [-0.1, -0.05) is 43.3 Å². The van der Waals surface area contributed by atoms with E-state index in [0.717, 1.165) is 27.2 Å². The Kier molecular flexibility index (Phi) is 4.00. The molecule has 0 radical (unpaired) electrons. The van der Waals surface area contributed by atoms with Crippen molar-refractivity contribution in [3.63, 3.8) is 0 Å². The maximum absolute atomic E-state index is 6.09. The van der Waals surface area contributed by atoms with Crippen LogP contribution >= 0.6 is 23.4 Å². The summed E-state index contributed by atoms with van der Waals surface area (Å²) in [5.41, 5.74) is 2.12. The van der Waals surface area contributed by atoms with Crippen molar-refractivity contribution in [2.75, 3.05) is 11.1 Å². The quantitative estimate of drug-likeness (QED) is 0.870. The molecule has 1 unspecified atom stereocenters. The molecule has 1 aromatic carbocycles. The Morgan fingerprint density at radius 2 is 2.24 bits per heavy atom. The van der Waals surface area contributed by atoms with E-state index in [4.69, 9.17) is 11.6 Å². The van der Waals surface area contributed by atoms with Gasteiger partial charge in [-0.2, -0.15) is 0 Å². The zero-order chi connectivity index (χ0) is 12.4. The SMILES string of the molecule is Cc1c(Cl)cccc1NC1=NC(C(C)C)CS1. The fourth-order valence-electron chi connectivity index (χ4n) is 1.66. The average molecular weight is 269 g/mol. The van der Waals surface area contributed by atoms with Crippen LogP contribution < -0.4 is 5.32 Å². The van der Waals surface area contributed by atoms with Gasteiger partial charge in [0, 0.05) is 16.5 Å². The molecule has 4 heteroatoms. The molecule has 1 aromatic rings. The Hall–Kier alpha value is -0.670. The maximum atomic E-state index is 6.09. The van der Waals surface area contributed by atoms with Crippen LogP contribution in [0.4, 0.5) is 5.69 Å². The number of aliphatic imine (C=N–C) groups is 1. The highest BCUT2D eigenvalue weighted by molar-refractivity contribution is 8.14. The van der Waals surface area contributed by atoms with E-state index in [1.807, 2.05) is 25.1 Å². The Bertz CT molecular complexity index is 443. The van der Waals surface area contributed by atoms with E-state index in [2.05, 4.69) is 24.2 Å². The summed E-state index contributed by atoms with van der Waals surface area (Å²) in [6, 6.07) is 6.33. The molecule has 0 aromatic heterocycles.